The number of hydrogen-bond donors (Lipinski definition) is 1. The van der Waals surface area contributed by atoms with Gasteiger partial charge in [-0.3, -0.25) is 0 Å². The van der Waals surface area contributed by atoms with E-state index in [1.807, 2.05) is 0 Å². The monoisotopic (exact) mass is 228 g/mol. The van der Waals surface area contributed by atoms with Crippen molar-refractivity contribution in [3.63, 3.8) is 0 Å². The summed E-state index contributed by atoms with van der Waals surface area (Å²) in [5, 5.41) is 9.06. The highest BCUT2D eigenvalue weighted by atomic mass is 16.5. The molecule has 0 heterocycles. The summed E-state index contributed by atoms with van der Waals surface area (Å²) in [6.45, 7) is 4.32. The molecule has 1 N–H and O–H groups in total. The van der Waals surface area contributed by atoms with Gasteiger partial charge in [0.2, 0.25) is 0 Å². The van der Waals surface area contributed by atoms with Crippen molar-refractivity contribution in [2.24, 2.45) is 5.92 Å². The summed E-state index contributed by atoms with van der Waals surface area (Å²) in [6, 6.07) is 0. The van der Waals surface area contributed by atoms with Crippen molar-refractivity contribution < 1.29 is 14.6 Å². The molecular weight excluding hydrogens is 204 g/mol. The number of carboxylic acid groups (broad SMARTS) is 1. The SMILES string of the molecule is CCCCC(OC1CCC(C)CC1)C(=O)O. The highest BCUT2D eigenvalue weighted by Crippen LogP contribution is 2.27. The molecule has 1 aliphatic rings. The maximum Gasteiger partial charge on any atom is 0.332 e. The topological polar surface area (TPSA) is 46.5 Å². The van der Waals surface area contributed by atoms with Crippen LogP contribution in [0.3, 0.4) is 0 Å². The van der Waals surface area contributed by atoms with Gasteiger partial charge in [0.15, 0.2) is 6.10 Å². The summed E-state index contributed by atoms with van der Waals surface area (Å²) >= 11 is 0. The standard InChI is InChI=1S/C13H24O3/c1-3-4-5-12(13(14)15)16-11-8-6-10(2)7-9-11/h10-12H,3-9H2,1-2H3,(H,14,15). The van der Waals surface area contributed by atoms with Gasteiger partial charge in [-0.25, -0.2) is 4.79 Å². The fourth-order valence-electron chi connectivity index (χ4n) is 2.24. The van der Waals surface area contributed by atoms with Crippen LogP contribution in [0.1, 0.15) is 58.8 Å². The van der Waals surface area contributed by atoms with Gasteiger partial charge in [-0.1, -0.05) is 26.7 Å². The van der Waals surface area contributed by atoms with Crippen molar-refractivity contribution in [3.8, 4) is 0 Å². The second-order valence-electron chi connectivity index (χ2n) is 4.99. The van der Waals surface area contributed by atoms with Crippen molar-refractivity contribution in [1.29, 1.82) is 0 Å². The molecule has 94 valence electrons. The van der Waals surface area contributed by atoms with E-state index >= 15 is 0 Å². The molecule has 0 aromatic heterocycles. The largest absolute Gasteiger partial charge is 0.479 e. The summed E-state index contributed by atoms with van der Waals surface area (Å²) in [4.78, 5) is 11.0. The molecule has 0 amide bonds. The van der Waals surface area contributed by atoms with E-state index in [0.29, 0.717) is 6.42 Å². The van der Waals surface area contributed by atoms with Gasteiger partial charge < -0.3 is 9.84 Å². The van der Waals surface area contributed by atoms with E-state index in [1.165, 1.54) is 12.8 Å². The molecule has 0 spiro atoms. The lowest BCUT2D eigenvalue weighted by molar-refractivity contribution is -0.156. The lowest BCUT2D eigenvalue weighted by Gasteiger charge is -2.28. The number of hydrogen-bond acceptors (Lipinski definition) is 2. The maximum atomic E-state index is 11.0. The van der Waals surface area contributed by atoms with Crippen molar-refractivity contribution in [1.82, 2.24) is 0 Å². The molecule has 16 heavy (non-hydrogen) atoms. The molecule has 3 heteroatoms. The average molecular weight is 228 g/mol. The molecule has 1 saturated carbocycles. The van der Waals surface area contributed by atoms with Gasteiger partial charge in [-0.15, -0.1) is 0 Å². The Morgan fingerprint density at radius 2 is 2.00 bits per heavy atom. The number of carboxylic acids is 1. The average Bonchev–Trinajstić information content (AvgIpc) is 2.26. The predicted octanol–water partition coefficient (Wildman–Crippen LogP) is 3.23. The van der Waals surface area contributed by atoms with E-state index in [0.717, 1.165) is 31.6 Å². The van der Waals surface area contributed by atoms with E-state index in [1.54, 1.807) is 0 Å². The quantitative estimate of drug-likeness (QED) is 0.759. The van der Waals surface area contributed by atoms with Crippen LogP contribution in [-0.4, -0.2) is 23.3 Å². The second-order valence-corrected chi connectivity index (χ2v) is 4.99. The predicted molar refractivity (Wildman–Crippen MR) is 63.5 cm³/mol. The summed E-state index contributed by atoms with van der Waals surface area (Å²) in [5.74, 6) is -0.0224. The first-order chi connectivity index (χ1) is 7.63. The Morgan fingerprint density at radius 1 is 1.38 bits per heavy atom. The van der Waals surface area contributed by atoms with Crippen molar-refractivity contribution in [3.05, 3.63) is 0 Å². The number of ether oxygens (including phenoxy) is 1. The smallest absolute Gasteiger partial charge is 0.332 e. The van der Waals surface area contributed by atoms with Crippen LogP contribution in [-0.2, 0) is 9.53 Å². The number of aliphatic carboxylic acids is 1. The van der Waals surface area contributed by atoms with Crippen LogP contribution >= 0.6 is 0 Å². The third-order valence-electron chi connectivity index (χ3n) is 3.41. The number of rotatable bonds is 6. The minimum absolute atomic E-state index is 0.175. The normalized spacial score (nSPS) is 27.6. The molecule has 1 atom stereocenters. The van der Waals surface area contributed by atoms with Gasteiger partial charge in [0.1, 0.15) is 0 Å². The molecule has 0 aromatic rings. The van der Waals surface area contributed by atoms with Crippen LogP contribution in [0.15, 0.2) is 0 Å². The zero-order valence-corrected chi connectivity index (χ0v) is 10.4. The summed E-state index contributed by atoms with van der Waals surface area (Å²) < 4.78 is 5.70. The molecule has 0 aromatic carbocycles. The summed E-state index contributed by atoms with van der Waals surface area (Å²) in [7, 11) is 0. The van der Waals surface area contributed by atoms with Gasteiger partial charge in [0.25, 0.3) is 0 Å². The van der Waals surface area contributed by atoms with E-state index in [2.05, 4.69) is 13.8 Å². The van der Waals surface area contributed by atoms with Gasteiger partial charge >= 0.3 is 5.97 Å². The third-order valence-corrected chi connectivity index (χ3v) is 3.41. The van der Waals surface area contributed by atoms with E-state index in [9.17, 15) is 4.79 Å². The molecular formula is C13H24O3. The van der Waals surface area contributed by atoms with Crippen molar-refractivity contribution in [2.75, 3.05) is 0 Å². The molecule has 3 nitrogen and oxygen atoms in total. The van der Waals surface area contributed by atoms with Crippen LogP contribution in [0, 0.1) is 5.92 Å². The fraction of sp³-hybridized carbons (Fsp3) is 0.923. The van der Waals surface area contributed by atoms with E-state index in [4.69, 9.17) is 9.84 Å². The van der Waals surface area contributed by atoms with Gasteiger partial charge in [0, 0.05) is 0 Å². The Hall–Kier alpha value is -0.570. The molecule has 1 fully saturated rings. The van der Waals surface area contributed by atoms with Gasteiger partial charge in [-0.05, 0) is 38.0 Å². The molecule has 0 radical (unpaired) electrons. The highest BCUT2D eigenvalue weighted by Gasteiger charge is 2.25. The lowest BCUT2D eigenvalue weighted by atomic mass is 9.89. The highest BCUT2D eigenvalue weighted by molar-refractivity contribution is 5.72. The first kappa shape index (κ1) is 13.5. The van der Waals surface area contributed by atoms with Crippen molar-refractivity contribution >= 4 is 5.97 Å². The molecule has 1 aliphatic carbocycles. The first-order valence-electron chi connectivity index (χ1n) is 6.51. The van der Waals surface area contributed by atoms with Crippen LogP contribution in [0.4, 0.5) is 0 Å². The summed E-state index contributed by atoms with van der Waals surface area (Å²) in [6.07, 6.45) is 6.59. The zero-order chi connectivity index (χ0) is 12.0. The van der Waals surface area contributed by atoms with Gasteiger partial charge in [-0.2, -0.15) is 0 Å². The molecule has 1 unspecified atom stereocenters. The number of unbranched alkanes of at least 4 members (excludes halogenated alkanes) is 1. The van der Waals surface area contributed by atoms with Crippen LogP contribution in [0.5, 0.6) is 0 Å². The zero-order valence-electron chi connectivity index (χ0n) is 10.4. The molecule has 0 saturated heterocycles. The first-order valence-corrected chi connectivity index (χ1v) is 6.51. The minimum Gasteiger partial charge on any atom is -0.479 e. The molecule has 0 aliphatic heterocycles. The second kappa shape index (κ2) is 6.89. The maximum absolute atomic E-state index is 11.0. The van der Waals surface area contributed by atoms with Gasteiger partial charge in [0.05, 0.1) is 6.10 Å². The lowest BCUT2D eigenvalue weighted by Crippen LogP contribution is -2.31. The van der Waals surface area contributed by atoms with E-state index in [-0.39, 0.29) is 6.10 Å². The molecule has 0 bridgehead atoms. The van der Waals surface area contributed by atoms with E-state index < -0.39 is 12.1 Å². The third kappa shape index (κ3) is 4.52. The van der Waals surface area contributed by atoms with Crippen molar-refractivity contribution in [2.45, 2.75) is 71.0 Å². The Balaban J connectivity index is 2.33. The Bertz CT molecular complexity index is 207. The minimum atomic E-state index is -0.799. The fourth-order valence-corrected chi connectivity index (χ4v) is 2.24. The summed E-state index contributed by atoms with van der Waals surface area (Å²) in [5.41, 5.74) is 0. The Kier molecular flexibility index (Phi) is 5.81. The number of carbonyl (C=O) groups is 1. The van der Waals surface area contributed by atoms with Crippen LogP contribution in [0.25, 0.3) is 0 Å². The van der Waals surface area contributed by atoms with Crippen LogP contribution in [0.2, 0.25) is 0 Å². The Labute approximate surface area is 98.2 Å². The van der Waals surface area contributed by atoms with Crippen LogP contribution < -0.4 is 0 Å². The molecule has 1 rings (SSSR count). The Morgan fingerprint density at radius 3 is 2.50 bits per heavy atom.